The molecule has 0 bridgehead atoms. The minimum Gasteiger partial charge on any atom is -0.487 e. The van der Waals surface area contributed by atoms with Crippen LogP contribution in [0.15, 0.2) is 29.3 Å². The molecule has 0 aromatic heterocycles. The molecular weight excluding hydrogens is 316 g/mol. The molecule has 25 heavy (non-hydrogen) atoms. The predicted molar refractivity (Wildman–Crippen MR) is 98.8 cm³/mol. The number of rotatable bonds is 3. The number of nitrogens with zero attached hydrogens (tertiary/aromatic N) is 2. The van der Waals surface area contributed by atoms with Gasteiger partial charge in [0.1, 0.15) is 11.4 Å². The Morgan fingerprint density at radius 3 is 2.72 bits per heavy atom. The lowest BCUT2D eigenvalue weighted by atomic mass is 9.86. The SMILES string of the molecule is CN=C(NCC(=O)N(C)C)NC1CC2(CCCC2)Oc2ccccc21. The number of benzene rings is 1. The Kier molecular flexibility index (Phi) is 5.16. The molecule has 1 heterocycles. The molecule has 0 saturated heterocycles. The van der Waals surface area contributed by atoms with Gasteiger partial charge in [-0.1, -0.05) is 18.2 Å². The Balaban J connectivity index is 1.74. The number of amides is 1. The smallest absolute Gasteiger partial charge is 0.241 e. The zero-order valence-corrected chi connectivity index (χ0v) is 15.3. The van der Waals surface area contributed by atoms with E-state index in [9.17, 15) is 4.79 Å². The van der Waals surface area contributed by atoms with Gasteiger partial charge in [0.2, 0.25) is 5.91 Å². The zero-order chi connectivity index (χ0) is 17.9. The summed E-state index contributed by atoms with van der Waals surface area (Å²) >= 11 is 0. The summed E-state index contributed by atoms with van der Waals surface area (Å²) in [5.74, 6) is 1.63. The summed E-state index contributed by atoms with van der Waals surface area (Å²) in [7, 11) is 5.23. The topological polar surface area (TPSA) is 66.0 Å². The normalized spacial score (nSPS) is 21.4. The fourth-order valence-corrected chi connectivity index (χ4v) is 3.75. The Labute approximate surface area is 149 Å². The Morgan fingerprint density at radius 2 is 2.04 bits per heavy atom. The van der Waals surface area contributed by atoms with Crippen molar-refractivity contribution in [2.75, 3.05) is 27.7 Å². The highest BCUT2D eigenvalue weighted by Crippen LogP contribution is 2.46. The van der Waals surface area contributed by atoms with Gasteiger partial charge in [-0.25, -0.2) is 0 Å². The molecule has 1 aromatic rings. The molecule has 1 atom stereocenters. The van der Waals surface area contributed by atoms with Crippen LogP contribution in [0.2, 0.25) is 0 Å². The van der Waals surface area contributed by atoms with E-state index in [4.69, 9.17) is 4.74 Å². The van der Waals surface area contributed by atoms with Crippen molar-refractivity contribution >= 4 is 11.9 Å². The second-order valence-electron chi connectivity index (χ2n) is 7.14. The van der Waals surface area contributed by atoms with E-state index in [0.717, 1.165) is 30.6 Å². The molecule has 1 spiro atoms. The predicted octanol–water partition coefficient (Wildman–Crippen LogP) is 2.08. The van der Waals surface area contributed by atoms with Crippen LogP contribution in [0.3, 0.4) is 0 Å². The molecule has 1 aliphatic carbocycles. The van der Waals surface area contributed by atoms with E-state index in [0.29, 0.717) is 5.96 Å². The van der Waals surface area contributed by atoms with Crippen LogP contribution >= 0.6 is 0 Å². The third-order valence-electron chi connectivity index (χ3n) is 5.15. The van der Waals surface area contributed by atoms with Crippen LogP contribution in [-0.4, -0.2) is 50.1 Å². The monoisotopic (exact) mass is 344 g/mol. The van der Waals surface area contributed by atoms with Crippen LogP contribution in [0.4, 0.5) is 0 Å². The van der Waals surface area contributed by atoms with Crippen LogP contribution in [0.1, 0.15) is 43.7 Å². The van der Waals surface area contributed by atoms with Crippen LogP contribution in [0.5, 0.6) is 5.75 Å². The van der Waals surface area contributed by atoms with Crippen molar-refractivity contribution < 1.29 is 9.53 Å². The minimum atomic E-state index is -0.0652. The number of nitrogens with one attached hydrogen (secondary N) is 2. The van der Waals surface area contributed by atoms with Gasteiger partial charge in [-0.2, -0.15) is 0 Å². The molecule has 1 saturated carbocycles. The maximum atomic E-state index is 11.8. The zero-order valence-electron chi connectivity index (χ0n) is 15.3. The number of hydrogen-bond acceptors (Lipinski definition) is 3. The highest BCUT2D eigenvalue weighted by Gasteiger charge is 2.43. The van der Waals surface area contributed by atoms with E-state index in [1.54, 1.807) is 26.0 Å². The third-order valence-corrected chi connectivity index (χ3v) is 5.15. The number of para-hydroxylation sites is 1. The van der Waals surface area contributed by atoms with Crippen molar-refractivity contribution in [3.8, 4) is 5.75 Å². The van der Waals surface area contributed by atoms with Gasteiger partial charge in [0.25, 0.3) is 0 Å². The fraction of sp³-hybridized carbons (Fsp3) is 0.579. The summed E-state index contributed by atoms with van der Waals surface area (Å²) in [6.07, 6.45) is 5.57. The maximum absolute atomic E-state index is 11.8. The first kappa shape index (κ1) is 17.6. The number of carbonyl (C=O) groups is 1. The van der Waals surface area contributed by atoms with Gasteiger partial charge in [0.05, 0.1) is 12.6 Å². The van der Waals surface area contributed by atoms with Crippen molar-refractivity contribution in [2.24, 2.45) is 4.99 Å². The summed E-state index contributed by atoms with van der Waals surface area (Å²) in [5.41, 5.74) is 1.09. The van der Waals surface area contributed by atoms with Crippen molar-refractivity contribution in [3.05, 3.63) is 29.8 Å². The van der Waals surface area contributed by atoms with Gasteiger partial charge < -0.3 is 20.3 Å². The van der Waals surface area contributed by atoms with E-state index in [1.807, 2.05) is 12.1 Å². The summed E-state index contributed by atoms with van der Waals surface area (Å²) < 4.78 is 6.39. The average Bonchev–Trinajstić information content (AvgIpc) is 3.05. The van der Waals surface area contributed by atoms with Crippen molar-refractivity contribution in [1.82, 2.24) is 15.5 Å². The van der Waals surface area contributed by atoms with Crippen molar-refractivity contribution in [1.29, 1.82) is 0 Å². The largest absolute Gasteiger partial charge is 0.487 e. The molecule has 6 heteroatoms. The first-order valence-corrected chi connectivity index (χ1v) is 8.98. The number of aliphatic imine (C=N–C) groups is 1. The van der Waals surface area contributed by atoms with Crippen LogP contribution in [0, 0.1) is 0 Å². The summed E-state index contributed by atoms with van der Waals surface area (Å²) in [4.78, 5) is 17.7. The molecule has 1 fully saturated rings. The molecule has 1 aromatic carbocycles. The number of fused-ring (bicyclic) bond motifs is 1. The quantitative estimate of drug-likeness (QED) is 0.651. The lowest BCUT2D eigenvalue weighted by molar-refractivity contribution is -0.127. The van der Waals surface area contributed by atoms with Gasteiger partial charge in [-0.05, 0) is 31.7 Å². The van der Waals surface area contributed by atoms with Crippen molar-refractivity contribution in [3.63, 3.8) is 0 Å². The average molecular weight is 344 g/mol. The van der Waals surface area contributed by atoms with Gasteiger partial charge >= 0.3 is 0 Å². The molecule has 2 aliphatic rings. The third kappa shape index (κ3) is 3.89. The van der Waals surface area contributed by atoms with Gasteiger partial charge in [-0.3, -0.25) is 9.79 Å². The van der Waals surface area contributed by atoms with Crippen LogP contribution in [-0.2, 0) is 4.79 Å². The number of guanidine groups is 1. The van der Waals surface area contributed by atoms with Crippen molar-refractivity contribution in [2.45, 2.75) is 43.7 Å². The van der Waals surface area contributed by atoms with E-state index in [2.05, 4.69) is 27.8 Å². The molecule has 2 N–H and O–H groups in total. The second kappa shape index (κ2) is 7.33. The van der Waals surface area contributed by atoms with Gasteiger partial charge in [0.15, 0.2) is 5.96 Å². The van der Waals surface area contributed by atoms with E-state index >= 15 is 0 Å². The molecule has 136 valence electrons. The molecular formula is C19H28N4O2. The molecule has 0 radical (unpaired) electrons. The first-order valence-electron chi connectivity index (χ1n) is 8.98. The number of carbonyl (C=O) groups excluding carboxylic acids is 1. The number of ether oxygens (including phenoxy) is 1. The van der Waals surface area contributed by atoms with Crippen LogP contribution < -0.4 is 15.4 Å². The second-order valence-corrected chi connectivity index (χ2v) is 7.14. The van der Waals surface area contributed by atoms with E-state index in [1.165, 1.54) is 12.8 Å². The molecule has 1 amide bonds. The summed E-state index contributed by atoms with van der Waals surface area (Å²) in [6.45, 7) is 0.225. The van der Waals surface area contributed by atoms with E-state index < -0.39 is 0 Å². The first-order chi connectivity index (χ1) is 12.0. The fourth-order valence-electron chi connectivity index (χ4n) is 3.75. The molecule has 6 nitrogen and oxygen atoms in total. The lowest BCUT2D eigenvalue weighted by Crippen LogP contribution is -2.48. The van der Waals surface area contributed by atoms with Gasteiger partial charge in [-0.15, -0.1) is 0 Å². The minimum absolute atomic E-state index is 0.0163. The Morgan fingerprint density at radius 1 is 1.32 bits per heavy atom. The number of likely N-dealkylation sites (N-methyl/N-ethyl adjacent to an activating group) is 1. The summed E-state index contributed by atoms with van der Waals surface area (Å²) in [5, 5.41) is 6.61. The Bertz CT molecular complexity index is 651. The Hall–Kier alpha value is -2.24. The maximum Gasteiger partial charge on any atom is 0.241 e. The number of hydrogen-bond donors (Lipinski definition) is 2. The molecule has 3 rings (SSSR count). The molecule has 1 unspecified atom stereocenters. The summed E-state index contributed by atoms with van der Waals surface area (Å²) in [6, 6.07) is 8.34. The highest BCUT2D eigenvalue weighted by atomic mass is 16.5. The standard InChI is InChI=1S/C19H28N4O2/c1-20-18(21-13-17(24)23(2)3)22-15-12-19(10-6-7-11-19)25-16-9-5-4-8-14(15)16/h4-5,8-9,15H,6-7,10-13H2,1-3H3,(H2,20,21,22). The van der Waals surface area contributed by atoms with Gasteiger partial charge in [0, 0.05) is 33.1 Å². The van der Waals surface area contributed by atoms with Crippen LogP contribution in [0.25, 0.3) is 0 Å². The lowest BCUT2D eigenvalue weighted by Gasteiger charge is -2.40. The highest BCUT2D eigenvalue weighted by molar-refractivity contribution is 5.86. The molecule has 1 aliphatic heterocycles. The van der Waals surface area contributed by atoms with E-state index in [-0.39, 0.29) is 24.1 Å².